The maximum atomic E-state index is 12.5. The Hall–Kier alpha value is -3.86. The van der Waals surface area contributed by atoms with E-state index < -0.39 is 5.97 Å². The summed E-state index contributed by atoms with van der Waals surface area (Å²) in [4.78, 5) is 16.9. The molecule has 3 aromatic rings. The molecular weight excluding hydrogens is 390 g/mol. The third kappa shape index (κ3) is 4.83. The predicted molar refractivity (Wildman–Crippen MR) is 120 cm³/mol. The van der Waals surface area contributed by atoms with Crippen molar-refractivity contribution in [3.8, 4) is 11.5 Å². The Balaban J connectivity index is 1.64. The molecule has 0 saturated heterocycles. The van der Waals surface area contributed by atoms with E-state index in [9.17, 15) is 4.79 Å². The first-order valence-corrected chi connectivity index (χ1v) is 9.98. The molecule has 0 spiro atoms. The molecule has 0 radical (unpaired) electrons. The van der Waals surface area contributed by atoms with Crippen LogP contribution in [0.1, 0.15) is 27.8 Å². The standard InChI is InChI=1S/C26H23NO4/c1-17-6-4-8-19(12-17)16-30-24-11-10-22(29-3)14-21(24)15-23-26(28)31-25(27-23)20-9-5-7-18(2)13-20/h4-15H,16H2,1-3H3/b23-15+. The monoisotopic (exact) mass is 413 g/mol. The molecule has 3 aromatic carbocycles. The SMILES string of the molecule is COc1ccc(OCc2cccc(C)c2)c(/C=C2/N=C(c3cccc(C)c3)OC2=O)c1. The molecule has 0 aliphatic carbocycles. The number of carbonyl (C=O) groups excluding carboxylic acids is 1. The zero-order chi connectivity index (χ0) is 21.8. The van der Waals surface area contributed by atoms with Crippen molar-refractivity contribution in [3.63, 3.8) is 0 Å². The highest BCUT2D eigenvalue weighted by molar-refractivity contribution is 6.13. The number of hydrogen-bond acceptors (Lipinski definition) is 5. The molecule has 5 nitrogen and oxygen atoms in total. The molecule has 5 heteroatoms. The van der Waals surface area contributed by atoms with Crippen LogP contribution in [-0.2, 0) is 16.1 Å². The molecular formula is C26H23NO4. The average molecular weight is 413 g/mol. The highest BCUT2D eigenvalue weighted by atomic mass is 16.6. The summed E-state index contributed by atoms with van der Waals surface area (Å²) >= 11 is 0. The van der Waals surface area contributed by atoms with Gasteiger partial charge in [0.25, 0.3) is 0 Å². The number of nitrogens with zero attached hydrogens (tertiary/aromatic N) is 1. The smallest absolute Gasteiger partial charge is 0.363 e. The highest BCUT2D eigenvalue weighted by Crippen LogP contribution is 2.29. The van der Waals surface area contributed by atoms with Crippen LogP contribution in [0, 0.1) is 13.8 Å². The quantitative estimate of drug-likeness (QED) is 0.410. The molecule has 1 aliphatic heterocycles. The zero-order valence-corrected chi connectivity index (χ0v) is 17.7. The van der Waals surface area contributed by atoms with E-state index >= 15 is 0 Å². The van der Waals surface area contributed by atoms with Crippen LogP contribution in [0.5, 0.6) is 11.5 Å². The van der Waals surface area contributed by atoms with Crippen molar-refractivity contribution in [2.75, 3.05) is 7.11 Å². The van der Waals surface area contributed by atoms with Gasteiger partial charge in [-0.1, -0.05) is 47.5 Å². The van der Waals surface area contributed by atoms with E-state index in [1.165, 1.54) is 5.56 Å². The van der Waals surface area contributed by atoms with Crippen LogP contribution in [0.4, 0.5) is 0 Å². The fraction of sp³-hybridized carbons (Fsp3) is 0.154. The van der Waals surface area contributed by atoms with Gasteiger partial charge in [-0.15, -0.1) is 0 Å². The minimum Gasteiger partial charge on any atom is -0.497 e. The first-order valence-electron chi connectivity index (χ1n) is 9.98. The van der Waals surface area contributed by atoms with Gasteiger partial charge in [-0.2, -0.15) is 0 Å². The number of cyclic esters (lactones) is 1. The Labute approximate surface area is 181 Å². The fourth-order valence-corrected chi connectivity index (χ4v) is 3.32. The van der Waals surface area contributed by atoms with Gasteiger partial charge >= 0.3 is 5.97 Å². The van der Waals surface area contributed by atoms with Gasteiger partial charge in [0.1, 0.15) is 18.1 Å². The second-order valence-corrected chi connectivity index (χ2v) is 7.39. The van der Waals surface area contributed by atoms with E-state index in [0.717, 1.165) is 16.7 Å². The number of aryl methyl sites for hydroxylation is 2. The van der Waals surface area contributed by atoms with E-state index in [0.29, 0.717) is 29.6 Å². The number of esters is 1. The van der Waals surface area contributed by atoms with Crippen LogP contribution < -0.4 is 9.47 Å². The van der Waals surface area contributed by atoms with Crippen LogP contribution in [0.3, 0.4) is 0 Å². The molecule has 31 heavy (non-hydrogen) atoms. The van der Waals surface area contributed by atoms with E-state index in [-0.39, 0.29) is 5.70 Å². The molecule has 0 fully saturated rings. The summed E-state index contributed by atoms with van der Waals surface area (Å²) in [6, 6.07) is 21.3. The lowest BCUT2D eigenvalue weighted by molar-refractivity contribution is -0.129. The molecule has 0 unspecified atom stereocenters. The number of carbonyl (C=O) groups is 1. The lowest BCUT2D eigenvalue weighted by atomic mass is 10.1. The number of methoxy groups -OCH3 is 1. The molecule has 1 aliphatic rings. The van der Waals surface area contributed by atoms with Crippen LogP contribution in [0.2, 0.25) is 0 Å². The van der Waals surface area contributed by atoms with Crippen molar-refractivity contribution < 1.29 is 19.0 Å². The van der Waals surface area contributed by atoms with Crippen molar-refractivity contribution >= 4 is 17.9 Å². The average Bonchev–Trinajstić information content (AvgIpc) is 3.13. The summed E-state index contributed by atoms with van der Waals surface area (Å²) in [5.74, 6) is 1.08. The molecule has 4 rings (SSSR count). The van der Waals surface area contributed by atoms with Crippen LogP contribution >= 0.6 is 0 Å². The molecule has 0 N–H and O–H groups in total. The van der Waals surface area contributed by atoms with E-state index in [1.54, 1.807) is 13.2 Å². The van der Waals surface area contributed by atoms with Crippen molar-refractivity contribution in [3.05, 3.63) is 100 Å². The molecule has 1 heterocycles. The Kier molecular flexibility index (Phi) is 5.85. The Morgan fingerprint density at radius 1 is 0.968 bits per heavy atom. The number of benzene rings is 3. The third-order valence-electron chi connectivity index (χ3n) is 4.87. The minimum absolute atomic E-state index is 0.213. The van der Waals surface area contributed by atoms with Crippen LogP contribution in [0.25, 0.3) is 6.08 Å². The molecule has 156 valence electrons. The first-order chi connectivity index (χ1) is 15.0. The lowest BCUT2D eigenvalue weighted by Gasteiger charge is -2.11. The summed E-state index contributed by atoms with van der Waals surface area (Å²) in [5.41, 5.74) is 4.96. The molecule has 0 amide bonds. The molecule has 0 atom stereocenters. The van der Waals surface area contributed by atoms with Gasteiger partial charge in [0.15, 0.2) is 5.70 Å². The summed E-state index contributed by atoms with van der Waals surface area (Å²) in [7, 11) is 1.59. The number of aliphatic imine (C=N–C) groups is 1. The van der Waals surface area contributed by atoms with Gasteiger partial charge in [-0.25, -0.2) is 9.79 Å². The predicted octanol–water partition coefficient (Wildman–Crippen LogP) is 5.24. The second kappa shape index (κ2) is 8.88. The van der Waals surface area contributed by atoms with Crippen LogP contribution in [-0.4, -0.2) is 19.0 Å². The minimum atomic E-state index is -0.496. The van der Waals surface area contributed by atoms with Gasteiger partial charge in [0.05, 0.1) is 7.11 Å². The van der Waals surface area contributed by atoms with Gasteiger partial charge in [0.2, 0.25) is 5.90 Å². The maximum absolute atomic E-state index is 12.5. The largest absolute Gasteiger partial charge is 0.497 e. The van der Waals surface area contributed by atoms with Crippen molar-refractivity contribution in [2.24, 2.45) is 4.99 Å². The Morgan fingerprint density at radius 2 is 1.74 bits per heavy atom. The second-order valence-electron chi connectivity index (χ2n) is 7.39. The zero-order valence-electron chi connectivity index (χ0n) is 17.7. The first kappa shape index (κ1) is 20.4. The summed E-state index contributed by atoms with van der Waals surface area (Å²) in [6.45, 7) is 4.43. The van der Waals surface area contributed by atoms with Crippen LogP contribution in [0.15, 0.2) is 77.4 Å². The van der Waals surface area contributed by atoms with Crippen molar-refractivity contribution in [1.82, 2.24) is 0 Å². The molecule has 0 bridgehead atoms. The molecule has 0 saturated carbocycles. The van der Waals surface area contributed by atoms with E-state index in [4.69, 9.17) is 14.2 Å². The van der Waals surface area contributed by atoms with E-state index in [1.807, 2.05) is 74.5 Å². The number of rotatable bonds is 6. The van der Waals surface area contributed by atoms with Crippen molar-refractivity contribution in [2.45, 2.75) is 20.5 Å². The topological polar surface area (TPSA) is 57.1 Å². The third-order valence-corrected chi connectivity index (χ3v) is 4.87. The van der Waals surface area contributed by atoms with Crippen molar-refractivity contribution in [1.29, 1.82) is 0 Å². The van der Waals surface area contributed by atoms with E-state index in [2.05, 4.69) is 11.1 Å². The number of ether oxygens (including phenoxy) is 3. The van der Waals surface area contributed by atoms with Gasteiger partial charge in [0, 0.05) is 11.1 Å². The summed E-state index contributed by atoms with van der Waals surface area (Å²) in [5, 5.41) is 0. The lowest BCUT2D eigenvalue weighted by Crippen LogP contribution is -2.05. The highest BCUT2D eigenvalue weighted by Gasteiger charge is 2.24. The van der Waals surface area contributed by atoms with Gasteiger partial charge in [-0.05, 0) is 55.8 Å². The van der Waals surface area contributed by atoms with Gasteiger partial charge in [-0.3, -0.25) is 0 Å². The molecule has 0 aromatic heterocycles. The fourth-order valence-electron chi connectivity index (χ4n) is 3.32. The number of hydrogen-bond donors (Lipinski definition) is 0. The maximum Gasteiger partial charge on any atom is 0.363 e. The Morgan fingerprint density at radius 3 is 2.48 bits per heavy atom. The normalized spacial score (nSPS) is 14.4. The Bertz CT molecular complexity index is 1190. The summed E-state index contributed by atoms with van der Waals surface area (Å²) in [6.07, 6.45) is 1.67. The van der Waals surface area contributed by atoms with Gasteiger partial charge < -0.3 is 14.2 Å². The summed E-state index contributed by atoms with van der Waals surface area (Å²) < 4.78 is 16.8.